The van der Waals surface area contributed by atoms with E-state index in [1.807, 2.05) is 64.5 Å². The van der Waals surface area contributed by atoms with Crippen LogP contribution in [0, 0.1) is 0 Å². The number of hydrogen-bond acceptors (Lipinski definition) is 9. The normalized spacial score (nSPS) is 14.0. The number of amides is 1. The van der Waals surface area contributed by atoms with Gasteiger partial charge in [0, 0.05) is 42.8 Å². The predicted octanol–water partition coefficient (Wildman–Crippen LogP) is 3.75. The van der Waals surface area contributed by atoms with E-state index in [1.165, 1.54) is 23.1 Å². The Hall–Kier alpha value is -3.25. The highest BCUT2D eigenvalue weighted by molar-refractivity contribution is 7.98. The fourth-order valence-electron chi connectivity index (χ4n) is 3.97. The number of ether oxygens (including phenoxy) is 2. The van der Waals surface area contributed by atoms with Crippen molar-refractivity contribution in [1.29, 1.82) is 0 Å². The van der Waals surface area contributed by atoms with Crippen LogP contribution in [-0.4, -0.2) is 77.1 Å². The molecule has 1 amide bonds. The average molecular weight is 537 g/mol. The standard InChI is InChI=1S/C26H28N6O3S2/c1-34-21-9-5-6-19(16-21)24-29-30-26(32(24)20-7-3-2-4-8-20)37-18-23-28-22(17-36-23)25(33)27-10-11-31-12-14-35-15-13-31/h2-9,16-17H,10-15,18H2,1H3,(H,27,33). The smallest absolute Gasteiger partial charge is 0.270 e. The predicted molar refractivity (Wildman–Crippen MR) is 145 cm³/mol. The number of carbonyl (C=O) groups excluding carboxylic acids is 1. The number of thiazole rings is 1. The van der Waals surface area contributed by atoms with Crippen molar-refractivity contribution in [1.82, 2.24) is 30.0 Å². The fraction of sp³-hybridized carbons (Fsp3) is 0.308. The number of methoxy groups -OCH3 is 1. The summed E-state index contributed by atoms with van der Waals surface area (Å²) in [6.45, 7) is 4.71. The molecule has 0 bridgehead atoms. The van der Waals surface area contributed by atoms with Crippen molar-refractivity contribution in [3.8, 4) is 22.8 Å². The van der Waals surface area contributed by atoms with Crippen LogP contribution in [-0.2, 0) is 10.5 Å². The molecular formula is C26H28N6O3S2. The molecule has 1 N–H and O–H groups in total. The minimum absolute atomic E-state index is 0.145. The van der Waals surface area contributed by atoms with Crippen molar-refractivity contribution in [2.45, 2.75) is 10.9 Å². The summed E-state index contributed by atoms with van der Waals surface area (Å²) in [5.74, 6) is 1.92. The van der Waals surface area contributed by atoms with Gasteiger partial charge in [-0.1, -0.05) is 42.1 Å². The molecule has 4 aromatic rings. The number of aromatic nitrogens is 4. The van der Waals surface area contributed by atoms with E-state index in [9.17, 15) is 4.79 Å². The van der Waals surface area contributed by atoms with E-state index in [2.05, 4.69) is 25.4 Å². The molecule has 192 valence electrons. The summed E-state index contributed by atoms with van der Waals surface area (Å²) in [6, 6.07) is 17.8. The number of nitrogens with zero attached hydrogens (tertiary/aromatic N) is 5. The molecular weight excluding hydrogens is 508 g/mol. The number of para-hydroxylation sites is 1. The molecule has 0 atom stereocenters. The highest BCUT2D eigenvalue weighted by Gasteiger charge is 2.18. The number of thioether (sulfide) groups is 1. The van der Waals surface area contributed by atoms with Gasteiger partial charge in [-0.3, -0.25) is 14.3 Å². The molecule has 0 radical (unpaired) electrons. The van der Waals surface area contributed by atoms with Gasteiger partial charge in [0.25, 0.3) is 5.91 Å². The number of nitrogens with one attached hydrogen (secondary N) is 1. The highest BCUT2D eigenvalue weighted by atomic mass is 32.2. The van der Waals surface area contributed by atoms with Crippen LogP contribution in [0.25, 0.3) is 17.1 Å². The van der Waals surface area contributed by atoms with Gasteiger partial charge in [0.15, 0.2) is 11.0 Å². The second-order valence-corrected chi connectivity index (χ2v) is 10.2. The number of benzene rings is 2. The Bertz CT molecular complexity index is 1320. The first-order chi connectivity index (χ1) is 18.2. The number of carbonyl (C=O) groups is 1. The minimum atomic E-state index is -0.145. The lowest BCUT2D eigenvalue weighted by Gasteiger charge is -2.26. The van der Waals surface area contributed by atoms with Crippen molar-refractivity contribution < 1.29 is 14.3 Å². The first-order valence-electron chi connectivity index (χ1n) is 12.0. The van der Waals surface area contributed by atoms with Crippen molar-refractivity contribution >= 4 is 29.0 Å². The minimum Gasteiger partial charge on any atom is -0.497 e. The third-order valence-corrected chi connectivity index (χ3v) is 7.87. The van der Waals surface area contributed by atoms with Gasteiger partial charge in [-0.15, -0.1) is 21.5 Å². The molecule has 0 unspecified atom stereocenters. The monoisotopic (exact) mass is 536 g/mol. The largest absolute Gasteiger partial charge is 0.497 e. The molecule has 5 rings (SSSR count). The Kier molecular flexibility index (Phi) is 8.46. The quantitative estimate of drug-likeness (QED) is 0.306. The van der Waals surface area contributed by atoms with Gasteiger partial charge in [-0.05, 0) is 24.3 Å². The van der Waals surface area contributed by atoms with Crippen LogP contribution in [0.2, 0.25) is 0 Å². The molecule has 0 saturated carbocycles. The van der Waals surface area contributed by atoms with E-state index in [1.54, 1.807) is 7.11 Å². The van der Waals surface area contributed by atoms with E-state index in [-0.39, 0.29) is 5.91 Å². The maximum atomic E-state index is 12.6. The summed E-state index contributed by atoms with van der Waals surface area (Å²) in [5.41, 5.74) is 2.32. The molecule has 1 fully saturated rings. The van der Waals surface area contributed by atoms with Gasteiger partial charge in [0.2, 0.25) is 0 Å². The van der Waals surface area contributed by atoms with Crippen LogP contribution >= 0.6 is 23.1 Å². The number of hydrogen-bond donors (Lipinski definition) is 1. The second-order valence-electron chi connectivity index (χ2n) is 8.33. The topological polar surface area (TPSA) is 94.4 Å². The zero-order chi connectivity index (χ0) is 25.5. The average Bonchev–Trinajstić information content (AvgIpc) is 3.60. The molecule has 3 heterocycles. The van der Waals surface area contributed by atoms with Gasteiger partial charge in [-0.2, -0.15) is 0 Å². The summed E-state index contributed by atoms with van der Waals surface area (Å²) in [4.78, 5) is 19.4. The molecule has 2 aromatic heterocycles. The summed E-state index contributed by atoms with van der Waals surface area (Å²) in [5, 5.41) is 15.4. The Morgan fingerprint density at radius 1 is 1.14 bits per heavy atom. The lowest BCUT2D eigenvalue weighted by molar-refractivity contribution is 0.0383. The van der Waals surface area contributed by atoms with Crippen LogP contribution < -0.4 is 10.1 Å². The molecule has 37 heavy (non-hydrogen) atoms. The highest BCUT2D eigenvalue weighted by Crippen LogP contribution is 2.31. The van der Waals surface area contributed by atoms with E-state index in [0.717, 1.165) is 65.8 Å². The summed E-state index contributed by atoms with van der Waals surface area (Å²) < 4.78 is 12.8. The Labute approximate surface area is 223 Å². The zero-order valence-corrected chi connectivity index (χ0v) is 22.1. The Morgan fingerprint density at radius 3 is 2.78 bits per heavy atom. The molecule has 9 nitrogen and oxygen atoms in total. The fourth-order valence-corrected chi connectivity index (χ4v) is 5.72. The lowest BCUT2D eigenvalue weighted by Crippen LogP contribution is -2.41. The van der Waals surface area contributed by atoms with Crippen molar-refractivity contribution in [2.24, 2.45) is 0 Å². The number of rotatable bonds is 10. The molecule has 0 spiro atoms. The van der Waals surface area contributed by atoms with Gasteiger partial charge < -0.3 is 14.8 Å². The van der Waals surface area contributed by atoms with Crippen LogP contribution in [0.1, 0.15) is 15.5 Å². The SMILES string of the molecule is COc1cccc(-c2nnc(SCc3nc(C(=O)NCCN4CCOCC4)cs3)n2-c2ccccc2)c1. The molecule has 2 aromatic carbocycles. The third kappa shape index (κ3) is 6.37. The molecule has 11 heteroatoms. The molecule has 0 aliphatic carbocycles. The summed E-state index contributed by atoms with van der Waals surface area (Å²) in [6.07, 6.45) is 0. The first kappa shape index (κ1) is 25.4. The van der Waals surface area contributed by atoms with E-state index >= 15 is 0 Å². The van der Waals surface area contributed by atoms with E-state index in [0.29, 0.717) is 18.0 Å². The Morgan fingerprint density at radius 2 is 1.97 bits per heavy atom. The van der Waals surface area contributed by atoms with Gasteiger partial charge in [-0.25, -0.2) is 4.98 Å². The van der Waals surface area contributed by atoms with Crippen molar-refractivity contribution in [2.75, 3.05) is 46.5 Å². The van der Waals surface area contributed by atoms with Crippen molar-refractivity contribution in [3.05, 3.63) is 70.7 Å². The van der Waals surface area contributed by atoms with Crippen LogP contribution in [0.3, 0.4) is 0 Å². The summed E-state index contributed by atoms with van der Waals surface area (Å²) in [7, 11) is 1.65. The van der Waals surface area contributed by atoms with Crippen LogP contribution in [0.4, 0.5) is 0 Å². The lowest BCUT2D eigenvalue weighted by atomic mass is 10.2. The van der Waals surface area contributed by atoms with Gasteiger partial charge in [0.1, 0.15) is 16.5 Å². The van der Waals surface area contributed by atoms with E-state index < -0.39 is 0 Å². The Balaban J connectivity index is 1.26. The first-order valence-corrected chi connectivity index (χ1v) is 13.9. The molecule has 1 saturated heterocycles. The van der Waals surface area contributed by atoms with Crippen LogP contribution in [0.15, 0.2) is 65.1 Å². The van der Waals surface area contributed by atoms with E-state index in [4.69, 9.17) is 9.47 Å². The third-order valence-electron chi connectivity index (χ3n) is 5.90. The maximum absolute atomic E-state index is 12.6. The maximum Gasteiger partial charge on any atom is 0.270 e. The van der Waals surface area contributed by atoms with Gasteiger partial charge >= 0.3 is 0 Å². The number of morpholine rings is 1. The second kappa shape index (κ2) is 12.3. The van der Waals surface area contributed by atoms with Crippen molar-refractivity contribution in [3.63, 3.8) is 0 Å². The zero-order valence-electron chi connectivity index (χ0n) is 20.5. The molecule has 1 aliphatic heterocycles. The summed E-state index contributed by atoms with van der Waals surface area (Å²) >= 11 is 3.01. The van der Waals surface area contributed by atoms with Gasteiger partial charge in [0.05, 0.1) is 26.1 Å². The van der Waals surface area contributed by atoms with Crippen LogP contribution in [0.5, 0.6) is 5.75 Å². The molecule has 1 aliphatic rings.